The highest BCUT2D eigenvalue weighted by molar-refractivity contribution is 5.79. The fourth-order valence-electron chi connectivity index (χ4n) is 3.93. The highest BCUT2D eigenvalue weighted by Gasteiger charge is 2.18. The number of halogens is 3. The summed E-state index contributed by atoms with van der Waals surface area (Å²) in [5.41, 5.74) is 2.39. The number of nitrogens with one attached hydrogen (secondary N) is 1. The molecule has 0 radical (unpaired) electrons. The topological polar surface area (TPSA) is 53.4 Å². The molecule has 30 heavy (non-hydrogen) atoms. The lowest BCUT2D eigenvalue weighted by Crippen LogP contribution is -2.28. The van der Waals surface area contributed by atoms with Crippen LogP contribution >= 0.6 is 0 Å². The Morgan fingerprint density at radius 1 is 1.10 bits per heavy atom. The molecule has 5 nitrogen and oxygen atoms in total. The molecule has 0 fully saturated rings. The first-order valence-electron chi connectivity index (χ1n) is 9.54. The van der Waals surface area contributed by atoms with Crippen molar-refractivity contribution in [1.82, 2.24) is 19.3 Å². The van der Waals surface area contributed by atoms with Gasteiger partial charge in [-0.3, -0.25) is 14.7 Å². The van der Waals surface area contributed by atoms with Crippen molar-refractivity contribution in [3.63, 3.8) is 0 Å². The SMILES string of the molecule is O=c1[nH]c2cc(CN3CC=C(c4ccc(F)cn4)CC3)c(F)cc2n2ccc(F)c12. The van der Waals surface area contributed by atoms with Gasteiger partial charge >= 0.3 is 0 Å². The van der Waals surface area contributed by atoms with E-state index >= 15 is 0 Å². The Kier molecular flexibility index (Phi) is 4.43. The van der Waals surface area contributed by atoms with Gasteiger partial charge in [0, 0.05) is 37.5 Å². The second-order valence-corrected chi connectivity index (χ2v) is 7.37. The van der Waals surface area contributed by atoms with Crippen LogP contribution in [0.15, 0.2) is 53.6 Å². The molecule has 8 heteroatoms. The largest absolute Gasteiger partial charge is 0.319 e. The monoisotopic (exact) mass is 410 g/mol. The molecule has 0 atom stereocenters. The molecule has 0 saturated heterocycles. The zero-order valence-electron chi connectivity index (χ0n) is 15.8. The summed E-state index contributed by atoms with van der Waals surface area (Å²) < 4.78 is 43.0. The molecule has 0 saturated carbocycles. The van der Waals surface area contributed by atoms with E-state index in [1.54, 1.807) is 12.1 Å². The van der Waals surface area contributed by atoms with E-state index in [1.807, 2.05) is 6.08 Å². The molecule has 4 aromatic rings. The molecule has 3 aromatic heterocycles. The summed E-state index contributed by atoms with van der Waals surface area (Å²) in [5.74, 6) is -1.43. The Morgan fingerprint density at radius 3 is 2.70 bits per heavy atom. The molecule has 0 aliphatic carbocycles. The van der Waals surface area contributed by atoms with Crippen molar-refractivity contribution >= 4 is 22.1 Å². The minimum absolute atomic E-state index is 0.127. The van der Waals surface area contributed by atoms with Crippen molar-refractivity contribution in [3.8, 4) is 0 Å². The molecule has 0 amide bonds. The van der Waals surface area contributed by atoms with Crippen molar-refractivity contribution in [2.24, 2.45) is 0 Å². The van der Waals surface area contributed by atoms with Gasteiger partial charge in [-0.25, -0.2) is 13.2 Å². The van der Waals surface area contributed by atoms with Crippen LogP contribution in [-0.2, 0) is 6.54 Å². The lowest BCUT2D eigenvalue weighted by Gasteiger charge is -2.26. The Labute approximate surface area is 169 Å². The Hall–Kier alpha value is -3.39. The number of benzene rings is 1. The van der Waals surface area contributed by atoms with Gasteiger partial charge in [0.25, 0.3) is 5.56 Å². The molecular formula is C22H17F3N4O. The first kappa shape index (κ1) is 18.6. The van der Waals surface area contributed by atoms with E-state index in [9.17, 15) is 18.0 Å². The van der Waals surface area contributed by atoms with E-state index in [1.165, 1.54) is 35.0 Å². The molecule has 0 bridgehead atoms. The molecule has 152 valence electrons. The highest BCUT2D eigenvalue weighted by Crippen LogP contribution is 2.24. The van der Waals surface area contributed by atoms with Crippen LogP contribution in [-0.4, -0.2) is 32.4 Å². The van der Waals surface area contributed by atoms with E-state index in [0.29, 0.717) is 42.7 Å². The number of hydrogen-bond acceptors (Lipinski definition) is 3. The van der Waals surface area contributed by atoms with Gasteiger partial charge in [-0.2, -0.15) is 0 Å². The number of H-pyrrole nitrogens is 1. The molecule has 0 spiro atoms. The van der Waals surface area contributed by atoms with Crippen molar-refractivity contribution in [2.45, 2.75) is 13.0 Å². The van der Waals surface area contributed by atoms with Gasteiger partial charge in [0.15, 0.2) is 5.82 Å². The van der Waals surface area contributed by atoms with Crippen LogP contribution in [0.5, 0.6) is 0 Å². The molecular weight excluding hydrogens is 393 g/mol. The third-order valence-corrected chi connectivity index (χ3v) is 5.47. The van der Waals surface area contributed by atoms with Crippen molar-refractivity contribution in [1.29, 1.82) is 0 Å². The van der Waals surface area contributed by atoms with Crippen LogP contribution in [0.2, 0.25) is 0 Å². The second-order valence-electron chi connectivity index (χ2n) is 7.37. The van der Waals surface area contributed by atoms with E-state index in [2.05, 4.69) is 14.9 Å². The summed E-state index contributed by atoms with van der Waals surface area (Å²) in [7, 11) is 0. The second kappa shape index (κ2) is 7.14. The van der Waals surface area contributed by atoms with Gasteiger partial charge in [-0.1, -0.05) is 6.08 Å². The quantitative estimate of drug-likeness (QED) is 0.558. The van der Waals surface area contributed by atoms with Gasteiger partial charge in [0.2, 0.25) is 0 Å². The smallest absolute Gasteiger partial charge is 0.275 e. The Morgan fingerprint density at radius 2 is 1.97 bits per heavy atom. The molecule has 1 aliphatic heterocycles. The normalized spacial score (nSPS) is 15.1. The molecule has 1 N–H and O–H groups in total. The maximum atomic E-state index is 14.8. The first-order valence-corrected chi connectivity index (χ1v) is 9.54. The van der Waals surface area contributed by atoms with Crippen molar-refractivity contribution < 1.29 is 13.2 Å². The van der Waals surface area contributed by atoms with Crippen LogP contribution in [0, 0.1) is 17.5 Å². The number of rotatable bonds is 3. The van der Waals surface area contributed by atoms with Crippen LogP contribution in [0.1, 0.15) is 17.7 Å². The van der Waals surface area contributed by atoms with Gasteiger partial charge in [0.05, 0.1) is 22.9 Å². The first-order chi connectivity index (χ1) is 14.5. The maximum absolute atomic E-state index is 14.8. The van der Waals surface area contributed by atoms with Crippen molar-refractivity contribution in [2.75, 3.05) is 13.1 Å². The minimum atomic E-state index is -0.644. The van der Waals surface area contributed by atoms with Crippen molar-refractivity contribution in [3.05, 3.63) is 87.9 Å². The zero-order chi connectivity index (χ0) is 20.8. The summed E-state index contributed by atoms with van der Waals surface area (Å²) in [4.78, 5) is 21.0. The molecule has 4 heterocycles. The number of nitrogens with zero attached hydrogens (tertiary/aromatic N) is 3. The number of fused-ring (bicyclic) bond motifs is 3. The number of pyridine rings is 1. The molecule has 5 rings (SSSR count). The minimum Gasteiger partial charge on any atom is -0.319 e. The fourth-order valence-corrected chi connectivity index (χ4v) is 3.93. The fraction of sp³-hybridized carbons (Fsp3) is 0.182. The summed E-state index contributed by atoms with van der Waals surface area (Å²) in [6, 6.07) is 7.14. The Bertz CT molecular complexity index is 1360. The number of hydrogen-bond donors (Lipinski definition) is 1. The predicted molar refractivity (Wildman–Crippen MR) is 108 cm³/mol. The van der Waals surface area contributed by atoms with E-state index < -0.39 is 17.2 Å². The van der Waals surface area contributed by atoms with Crippen LogP contribution in [0.4, 0.5) is 13.2 Å². The zero-order valence-corrected chi connectivity index (χ0v) is 15.8. The summed E-state index contributed by atoms with van der Waals surface area (Å²) in [5, 5.41) is 0. The van der Waals surface area contributed by atoms with Gasteiger partial charge in [0.1, 0.15) is 17.2 Å². The standard InChI is InChI=1S/C22H17F3N4O/c23-15-1-2-18(26-11-15)13-3-6-28(7-4-13)12-14-9-19-20(10-17(14)25)29-8-5-16(24)21(29)22(30)27-19/h1-3,5,8-11H,4,6-7,12H2,(H,27,30). The number of aromatic nitrogens is 3. The summed E-state index contributed by atoms with van der Waals surface area (Å²) in [6.07, 6.45) is 5.34. The van der Waals surface area contributed by atoms with E-state index in [4.69, 9.17) is 0 Å². The van der Waals surface area contributed by atoms with Crippen LogP contribution in [0.25, 0.3) is 22.1 Å². The molecule has 1 aliphatic rings. The average Bonchev–Trinajstić information content (AvgIpc) is 3.13. The number of aromatic amines is 1. The third kappa shape index (κ3) is 3.19. The molecule has 1 aromatic carbocycles. The van der Waals surface area contributed by atoms with Gasteiger partial charge < -0.3 is 9.38 Å². The van der Waals surface area contributed by atoms with Crippen LogP contribution < -0.4 is 5.56 Å². The van der Waals surface area contributed by atoms with Gasteiger partial charge in [-0.05, 0) is 36.3 Å². The lowest BCUT2D eigenvalue weighted by molar-refractivity contribution is 0.289. The van der Waals surface area contributed by atoms with E-state index in [-0.39, 0.29) is 11.3 Å². The average molecular weight is 410 g/mol. The third-order valence-electron chi connectivity index (χ3n) is 5.47. The van der Waals surface area contributed by atoms with E-state index in [0.717, 1.165) is 11.3 Å². The van der Waals surface area contributed by atoms with Crippen LogP contribution in [0.3, 0.4) is 0 Å². The summed E-state index contributed by atoms with van der Waals surface area (Å²) >= 11 is 0. The summed E-state index contributed by atoms with van der Waals surface area (Å²) in [6.45, 7) is 1.66. The Balaban J connectivity index is 1.42. The maximum Gasteiger partial charge on any atom is 0.275 e. The predicted octanol–water partition coefficient (Wildman–Crippen LogP) is 3.88. The molecule has 0 unspecified atom stereocenters. The lowest BCUT2D eigenvalue weighted by atomic mass is 10.0. The highest BCUT2D eigenvalue weighted by atomic mass is 19.1. The van der Waals surface area contributed by atoms with Gasteiger partial charge in [-0.15, -0.1) is 0 Å².